The molecule has 1 aromatic carbocycles. The monoisotopic (exact) mass is 385 g/mol. The van der Waals surface area contributed by atoms with Crippen LogP contribution in [0.4, 0.5) is 5.69 Å². The number of aryl methyl sites for hydroxylation is 2. The molecule has 25 heavy (non-hydrogen) atoms. The van der Waals surface area contributed by atoms with Crippen molar-refractivity contribution < 1.29 is 17.7 Å². The Kier molecular flexibility index (Phi) is 5.87. The third-order valence-electron chi connectivity index (χ3n) is 3.77. The second-order valence-corrected chi connectivity index (χ2v) is 7.70. The molecule has 0 saturated carbocycles. The van der Waals surface area contributed by atoms with Crippen LogP contribution in [0.5, 0.6) is 0 Å². The summed E-state index contributed by atoms with van der Waals surface area (Å²) in [5.41, 5.74) is 1.10. The smallest absolute Gasteiger partial charge is 0.261 e. The zero-order chi connectivity index (χ0) is 18.8. The van der Waals surface area contributed by atoms with Gasteiger partial charge < -0.3 is 9.84 Å². The minimum atomic E-state index is -3.74. The third kappa shape index (κ3) is 3.86. The van der Waals surface area contributed by atoms with Crippen molar-refractivity contribution >= 4 is 33.2 Å². The van der Waals surface area contributed by atoms with Crippen molar-refractivity contribution in [1.82, 2.24) is 9.46 Å². The van der Waals surface area contributed by atoms with Crippen molar-refractivity contribution in [2.24, 2.45) is 0 Å². The van der Waals surface area contributed by atoms with Gasteiger partial charge in [0.05, 0.1) is 10.7 Å². The van der Waals surface area contributed by atoms with Gasteiger partial charge in [-0.15, -0.1) is 0 Å². The average Bonchev–Trinajstić information content (AvgIpc) is 2.88. The van der Waals surface area contributed by atoms with Crippen LogP contribution in [0, 0.1) is 13.8 Å². The molecule has 0 radical (unpaired) electrons. The van der Waals surface area contributed by atoms with Gasteiger partial charge in [-0.1, -0.05) is 30.6 Å². The molecule has 0 spiro atoms. The Bertz CT molecular complexity index is 869. The normalized spacial score (nSPS) is 11.8. The van der Waals surface area contributed by atoms with Crippen LogP contribution in [-0.4, -0.2) is 36.9 Å². The Labute approximate surface area is 152 Å². The average molecular weight is 386 g/mol. The number of halogens is 1. The molecule has 136 valence electrons. The molecule has 1 aromatic heterocycles. The molecule has 0 unspecified atom stereocenters. The quantitative estimate of drug-likeness (QED) is 0.824. The van der Waals surface area contributed by atoms with Gasteiger partial charge in [0.25, 0.3) is 5.91 Å². The summed E-state index contributed by atoms with van der Waals surface area (Å²) in [4.78, 5) is 12.4. The Morgan fingerprint density at radius 1 is 1.28 bits per heavy atom. The van der Waals surface area contributed by atoms with E-state index >= 15 is 0 Å². The molecule has 7 nitrogen and oxygen atoms in total. The maximum atomic E-state index is 12.7. The topological polar surface area (TPSA) is 92.5 Å². The van der Waals surface area contributed by atoms with Crippen molar-refractivity contribution in [3.8, 4) is 0 Å². The van der Waals surface area contributed by atoms with Crippen molar-refractivity contribution in [2.45, 2.75) is 32.6 Å². The summed E-state index contributed by atoms with van der Waals surface area (Å²) in [6.45, 7) is 7.43. The number of carbonyl (C=O) groups excluding carboxylic acids is 1. The zero-order valence-electron chi connectivity index (χ0n) is 14.5. The van der Waals surface area contributed by atoms with E-state index in [0.29, 0.717) is 35.8 Å². The lowest BCUT2D eigenvalue weighted by Crippen LogP contribution is -2.30. The first kappa shape index (κ1) is 19.4. The first-order valence-electron chi connectivity index (χ1n) is 7.76. The van der Waals surface area contributed by atoms with Crippen LogP contribution in [0.2, 0.25) is 5.02 Å². The van der Waals surface area contributed by atoms with Gasteiger partial charge >= 0.3 is 0 Å². The van der Waals surface area contributed by atoms with Crippen LogP contribution in [-0.2, 0) is 10.0 Å². The molecule has 1 N–H and O–H groups in total. The molecule has 1 amide bonds. The lowest BCUT2D eigenvalue weighted by Gasteiger charge is -2.19. The van der Waals surface area contributed by atoms with E-state index < -0.39 is 15.9 Å². The number of aromatic nitrogens is 1. The Hall–Kier alpha value is -1.90. The second-order valence-electron chi connectivity index (χ2n) is 5.39. The van der Waals surface area contributed by atoms with Gasteiger partial charge in [-0.2, -0.15) is 4.31 Å². The van der Waals surface area contributed by atoms with E-state index in [9.17, 15) is 13.2 Å². The van der Waals surface area contributed by atoms with Gasteiger partial charge in [-0.25, -0.2) is 8.42 Å². The van der Waals surface area contributed by atoms with Crippen molar-refractivity contribution in [3.63, 3.8) is 0 Å². The molecule has 0 saturated heterocycles. The summed E-state index contributed by atoms with van der Waals surface area (Å²) < 4.78 is 31.7. The number of hydrogen-bond acceptors (Lipinski definition) is 5. The first-order valence-corrected chi connectivity index (χ1v) is 9.58. The molecule has 0 atom stereocenters. The van der Waals surface area contributed by atoms with Gasteiger partial charge in [-0.3, -0.25) is 4.79 Å². The Morgan fingerprint density at radius 3 is 2.44 bits per heavy atom. The van der Waals surface area contributed by atoms with Crippen LogP contribution in [0.3, 0.4) is 0 Å². The number of anilines is 1. The highest BCUT2D eigenvalue weighted by atomic mass is 35.5. The number of amides is 1. The molecule has 0 aliphatic carbocycles. The summed E-state index contributed by atoms with van der Waals surface area (Å²) >= 11 is 6.08. The van der Waals surface area contributed by atoms with E-state index in [1.165, 1.54) is 16.4 Å². The summed E-state index contributed by atoms with van der Waals surface area (Å²) in [6, 6.07) is 4.34. The number of sulfonamides is 1. The molecule has 0 aliphatic rings. The summed E-state index contributed by atoms with van der Waals surface area (Å²) in [5.74, 6) is -0.0373. The van der Waals surface area contributed by atoms with Crippen LogP contribution in [0.25, 0.3) is 0 Å². The highest BCUT2D eigenvalue weighted by Gasteiger charge is 2.25. The minimum absolute atomic E-state index is 0.0468. The molecule has 1 heterocycles. The lowest BCUT2D eigenvalue weighted by atomic mass is 10.2. The van der Waals surface area contributed by atoms with Gasteiger partial charge in [0, 0.05) is 18.8 Å². The number of carbonyl (C=O) groups is 1. The maximum Gasteiger partial charge on any atom is 0.261 e. The van der Waals surface area contributed by atoms with Gasteiger partial charge in [0.2, 0.25) is 10.0 Å². The van der Waals surface area contributed by atoms with Crippen molar-refractivity contribution in [1.29, 1.82) is 0 Å². The first-order chi connectivity index (χ1) is 11.7. The lowest BCUT2D eigenvalue weighted by molar-refractivity contribution is 0.102. The van der Waals surface area contributed by atoms with Gasteiger partial charge in [-0.05, 0) is 32.0 Å². The molecule has 2 rings (SSSR count). The molecular weight excluding hydrogens is 366 g/mol. The van der Waals surface area contributed by atoms with Crippen LogP contribution >= 0.6 is 11.6 Å². The summed E-state index contributed by atoms with van der Waals surface area (Å²) in [5, 5.41) is 6.50. The minimum Gasteiger partial charge on any atom is -0.361 e. The van der Waals surface area contributed by atoms with Crippen LogP contribution < -0.4 is 5.32 Å². The summed E-state index contributed by atoms with van der Waals surface area (Å²) in [6.07, 6.45) is 0. The molecular formula is C16H20ClN3O4S. The fourth-order valence-electron chi connectivity index (χ4n) is 2.48. The van der Waals surface area contributed by atoms with E-state index in [4.69, 9.17) is 16.1 Å². The van der Waals surface area contributed by atoms with Crippen molar-refractivity contribution in [3.05, 3.63) is 40.2 Å². The van der Waals surface area contributed by atoms with Gasteiger partial charge in [0.15, 0.2) is 0 Å². The van der Waals surface area contributed by atoms with Crippen LogP contribution in [0.15, 0.2) is 27.6 Å². The SMILES string of the molecule is CCN(CC)S(=O)(=O)c1cc(NC(=O)c2c(C)noc2C)ccc1Cl. The molecule has 2 aromatic rings. The van der Waals surface area contributed by atoms with E-state index in [-0.39, 0.29) is 9.92 Å². The second kappa shape index (κ2) is 7.55. The standard InChI is InChI=1S/C16H20ClN3O4S/c1-5-20(6-2)25(22,23)14-9-12(7-8-13(14)17)18-16(21)15-10(3)19-24-11(15)4/h7-9H,5-6H2,1-4H3,(H,18,21). The van der Waals surface area contributed by atoms with E-state index in [1.54, 1.807) is 33.8 Å². The summed E-state index contributed by atoms with van der Waals surface area (Å²) in [7, 11) is -3.74. The van der Waals surface area contributed by atoms with E-state index in [0.717, 1.165) is 0 Å². The molecule has 0 aliphatic heterocycles. The number of nitrogens with zero attached hydrogens (tertiary/aromatic N) is 2. The number of nitrogens with one attached hydrogen (secondary N) is 1. The Balaban J connectivity index is 2.38. The number of benzene rings is 1. The fourth-order valence-corrected chi connectivity index (χ4v) is 4.44. The molecule has 0 fully saturated rings. The fraction of sp³-hybridized carbons (Fsp3) is 0.375. The molecule has 9 heteroatoms. The van der Waals surface area contributed by atoms with E-state index in [2.05, 4.69) is 10.5 Å². The van der Waals surface area contributed by atoms with Gasteiger partial charge in [0.1, 0.15) is 16.2 Å². The number of hydrogen-bond donors (Lipinski definition) is 1. The van der Waals surface area contributed by atoms with Crippen LogP contribution in [0.1, 0.15) is 35.7 Å². The largest absolute Gasteiger partial charge is 0.361 e. The zero-order valence-corrected chi connectivity index (χ0v) is 16.0. The Morgan fingerprint density at radius 2 is 1.92 bits per heavy atom. The number of rotatable bonds is 6. The molecule has 0 bridgehead atoms. The van der Waals surface area contributed by atoms with Crippen molar-refractivity contribution in [2.75, 3.05) is 18.4 Å². The maximum absolute atomic E-state index is 12.7. The van der Waals surface area contributed by atoms with E-state index in [1.807, 2.05) is 0 Å². The predicted molar refractivity (Wildman–Crippen MR) is 95.5 cm³/mol. The third-order valence-corrected chi connectivity index (χ3v) is 6.30. The predicted octanol–water partition coefficient (Wildman–Crippen LogP) is 3.23. The highest BCUT2D eigenvalue weighted by molar-refractivity contribution is 7.89. The highest BCUT2D eigenvalue weighted by Crippen LogP contribution is 2.28.